The summed E-state index contributed by atoms with van der Waals surface area (Å²) in [5, 5.41) is 2.62. The summed E-state index contributed by atoms with van der Waals surface area (Å²) >= 11 is 0. The number of hydrogen-bond donors (Lipinski definition) is 1. The van der Waals surface area contributed by atoms with E-state index in [-0.39, 0.29) is 23.0 Å². The molecule has 8 heteroatoms. The Labute approximate surface area is 194 Å². The lowest BCUT2D eigenvalue weighted by Crippen LogP contribution is -2.34. The van der Waals surface area contributed by atoms with Crippen molar-refractivity contribution in [2.45, 2.75) is 31.3 Å². The topological polar surface area (TPSA) is 92.8 Å². The van der Waals surface area contributed by atoms with E-state index in [0.717, 1.165) is 5.56 Å². The second kappa shape index (κ2) is 10.8. The molecule has 0 bridgehead atoms. The van der Waals surface area contributed by atoms with Gasteiger partial charge in [-0.05, 0) is 49.7 Å². The number of carbonyl (C=O) groups is 2. The Morgan fingerprint density at radius 2 is 1.55 bits per heavy atom. The van der Waals surface area contributed by atoms with Gasteiger partial charge in [0.05, 0.1) is 22.7 Å². The highest BCUT2D eigenvalue weighted by Crippen LogP contribution is 2.26. The molecule has 1 N–H and O–H groups in total. The van der Waals surface area contributed by atoms with Gasteiger partial charge in [-0.15, -0.1) is 0 Å². The molecule has 0 saturated carbocycles. The average Bonchev–Trinajstić information content (AvgIpc) is 2.82. The van der Waals surface area contributed by atoms with Crippen molar-refractivity contribution >= 4 is 27.6 Å². The number of carbonyl (C=O) groups excluding carboxylic acids is 2. The molecule has 33 heavy (non-hydrogen) atoms. The van der Waals surface area contributed by atoms with Gasteiger partial charge in [0.15, 0.2) is 6.61 Å². The number of ether oxygens (including phenoxy) is 1. The van der Waals surface area contributed by atoms with E-state index >= 15 is 0 Å². The third-order valence-corrected chi connectivity index (χ3v) is 6.42. The summed E-state index contributed by atoms with van der Waals surface area (Å²) in [5.74, 6) is -1.21. The zero-order valence-corrected chi connectivity index (χ0v) is 19.3. The number of esters is 1. The van der Waals surface area contributed by atoms with Gasteiger partial charge >= 0.3 is 5.97 Å². The maximum Gasteiger partial charge on any atom is 0.338 e. The Bertz CT molecular complexity index is 1200. The van der Waals surface area contributed by atoms with Gasteiger partial charge in [0, 0.05) is 6.04 Å². The molecule has 3 aromatic carbocycles. The van der Waals surface area contributed by atoms with Crippen molar-refractivity contribution in [3.63, 3.8) is 0 Å². The number of hydrogen-bond acceptors (Lipinski definition) is 5. The molecule has 0 spiro atoms. The molecular formula is C25H26N2O5S. The van der Waals surface area contributed by atoms with Crippen LogP contribution in [0.1, 0.15) is 29.8 Å². The predicted molar refractivity (Wildman–Crippen MR) is 126 cm³/mol. The standard InChI is InChI=1S/C25H26N2O5S/c1-19(2)26-24(28)18-32-25(29)21-12-9-15-23(16-21)33(30,31)27(22-13-7-4-8-14-22)17-20-10-5-3-6-11-20/h3-16,19H,17-18H2,1-2H3,(H,26,28). The van der Waals surface area contributed by atoms with E-state index in [2.05, 4.69) is 5.32 Å². The van der Waals surface area contributed by atoms with Crippen LogP contribution in [0.15, 0.2) is 89.8 Å². The zero-order valence-electron chi connectivity index (χ0n) is 18.5. The highest BCUT2D eigenvalue weighted by molar-refractivity contribution is 7.92. The fourth-order valence-electron chi connectivity index (χ4n) is 3.15. The van der Waals surface area contributed by atoms with Crippen molar-refractivity contribution < 1.29 is 22.7 Å². The van der Waals surface area contributed by atoms with E-state index in [4.69, 9.17) is 4.74 Å². The fourth-order valence-corrected chi connectivity index (χ4v) is 4.65. The summed E-state index contributed by atoms with van der Waals surface area (Å²) in [6, 6.07) is 23.5. The van der Waals surface area contributed by atoms with Crippen LogP contribution in [0.5, 0.6) is 0 Å². The summed E-state index contributed by atoms with van der Waals surface area (Å²) < 4.78 is 33.6. The third-order valence-electron chi connectivity index (χ3n) is 4.65. The lowest BCUT2D eigenvalue weighted by atomic mass is 10.2. The molecule has 0 aliphatic heterocycles. The number of nitrogens with zero attached hydrogens (tertiary/aromatic N) is 1. The number of nitrogens with one attached hydrogen (secondary N) is 1. The number of amides is 1. The van der Waals surface area contributed by atoms with Crippen LogP contribution in [0.4, 0.5) is 5.69 Å². The van der Waals surface area contributed by atoms with E-state index in [1.165, 1.54) is 28.6 Å². The first-order chi connectivity index (χ1) is 15.8. The smallest absolute Gasteiger partial charge is 0.338 e. The normalized spacial score (nSPS) is 11.1. The van der Waals surface area contributed by atoms with Crippen molar-refractivity contribution in [3.05, 3.63) is 96.1 Å². The van der Waals surface area contributed by atoms with Gasteiger partial charge in [-0.3, -0.25) is 9.10 Å². The van der Waals surface area contributed by atoms with Crippen molar-refractivity contribution in [1.29, 1.82) is 0 Å². The van der Waals surface area contributed by atoms with E-state index in [1.54, 1.807) is 38.1 Å². The van der Waals surface area contributed by atoms with Crippen LogP contribution < -0.4 is 9.62 Å². The maximum atomic E-state index is 13.6. The molecule has 0 aliphatic carbocycles. The van der Waals surface area contributed by atoms with Gasteiger partial charge in [0.25, 0.3) is 15.9 Å². The molecule has 0 saturated heterocycles. The first-order valence-corrected chi connectivity index (χ1v) is 11.9. The monoisotopic (exact) mass is 466 g/mol. The highest BCUT2D eigenvalue weighted by atomic mass is 32.2. The Morgan fingerprint density at radius 1 is 0.909 bits per heavy atom. The lowest BCUT2D eigenvalue weighted by molar-refractivity contribution is -0.124. The Hall–Kier alpha value is -3.65. The summed E-state index contributed by atoms with van der Waals surface area (Å²) in [4.78, 5) is 24.1. The Kier molecular flexibility index (Phi) is 7.84. The minimum absolute atomic E-state index is 0.0427. The van der Waals surface area contributed by atoms with Gasteiger partial charge in [-0.25, -0.2) is 13.2 Å². The van der Waals surface area contributed by atoms with Crippen LogP contribution in [0.25, 0.3) is 0 Å². The number of anilines is 1. The molecule has 0 heterocycles. The third kappa shape index (κ3) is 6.43. The average molecular weight is 467 g/mol. The predicted octanol–water partition coefficient (Wildman–Crippen LogP) is 3.76. The van der Waals surface area contributed by atoms with Gasteiger partial charge < -0.3 is 10.1 Å². The van der Waals surface area contributed by atoms with E-state index in [9.17, 15) is 18.0 Å². The largest absolute Gasteiger partial charge is 0.452 e. The molecule has 0 aromatic heterocycles. The number of benzene rings is 3. The molecule has 0 atom stereocenters. The van der Waals surface area contributed by atoms with Crippen molar-refractivity contribution in [2.24, 2.45) is 0 Å². The van der Waals surface area contributed by atoms with Gasteiger partial charge in [0.1, 0.15) is 0 Å². The maximum absolute atomic E-state index is 13.6. The minimum Gasteiger partial charge on any atom is -0.452 e. The second-order valence-corrected chi connectivity index (χ2v) is 9.52. The summed E-state index contributed by atoms with van der Waals surface area (Å²) in [6.45, 7) is 3.26. The van der Waals surface area contributed by atoms with Gasteiger partial charge in [0.2, 0.25) is 0 Å². The molecule has 0 aliphatic rings. The first kappa shape index (κ1) is 24.0. The molecular weight excluding hydrogens is 440 g/mol. The molecule has 3 rings (SSSR count). The van der Waals surface area contributed by atoms with Crippen molar-refractivity contribution in [3.8, 4) is 0 Å². The van der Waals surface area contributed by atoms with Crippen molar-refractivity contribution in [2.75, 3.05) is 10.9 Å². The molecule has 1 amide bonds. The van der Waals surface area contributed by atoms with Crippen LogP contribution in [0.3, 0.4) is 0 Å². The summed E-state index contributed by atoms with van der Waals surface area (Å²) in [6.07, 6.45) is 0. The van der Waals surface area contributed by atoms with Crippen molar-refractivity contribution in [1.82, 2.24) is 5.32 Å². The van der Waals surface area contributed by atoms with Crippen LogP contribution in [0, 0.1) is 0 Å². The fraction of sp³-hybridized carbons (Fsp3) is 0.200. The second-order valence-electron chi connectivity index (χ2n) is 7.66. The Morgan fingerprint density at radius 3 is 2.18 bits per heavy atom. The van der Waals surface area contributed by atoms with Gasteiger partial charge in [-0.1, -0.05) is 54.6 Å². The molecule has 7 nitrogen and oxygen atoms in total. The van der Waals surface area contributed by atoms with Crippen LogP contribution >= 0.6 is 0 Å². The van der Waals surface area contributed by atoms with Gasteiger partial charge in [-0.2, -0.15) is 0 Å². The van der Waals surface area contributed by atoms with Crippen LogP contribution in [-0.4, -0.2) is 32.9 Å². The molecule has 3 aromatic rings. The van der Waals surface area contributed by atoms with E-state index in [0.29, 0.717) is 5.69 Å². The molecule has 0 fully saturated rings. The SMILES string of the molecule is CC(C)NC(=O)COC(=O)c1cccc(S(=O)(=O)N(Cc2ccccc2)c2ccccc2)c1. The number of sulfonamides is 1. The molecule has 0 radical (unpaired) electrons. The highest BCUT2D eigenvalue weighted by Gasteiger charge is 2.26. The van der Waals surface area contributed by atoms with E-state index in [1.807, 2.05) is 36.4 Å². The van der Waals surface area contributed by atoms with E-state index < -0.39 is 28.5 Å². The summed E-state index contributed by atoms with van der Waals surface area (Å²) in [7, 11) is -4.01. The number of para-hydroxylation sites is 1. The summed E-state index contributed by atoms with van der Waals surface area (Å²) in [5.41, 5.74) is 1.36. The van der Waals surface area contributed by atoms with Crippen LogP contribution in [-0.2, 0) is 26.1 Å². The zero-order chi connectivity index (χ0) is 23.8. The Balaban J connectivity index is 1.88. The lowest BCUT2D eigenvalue weighted by Gasteiger charge is -2.25. The van der Waals surface area contributed by atoms with Crippen LogP contribution in [0.2, 0.25) is 0 Å². The first-order valence-electron chi connectivity index (χ1n) is 10.5. The molecule has 172 valence electrons. The molecule has 0 unspecified atom stereocenters. The minimum atomic E-state index is -4.01. The number of rotatable bonds is 9. The quantitative estimate of drug-likeness (QED) is 0.485.